The van der Waals surface area contributed by atoms with Crippen molar-refractivity contribution >= 4 is 11.3 Å². The van der Waals surface area contributed by atoms with Gasteiger partial charge in [-0.25, -0.2) is 4.98 Å². The average Bonchev–Trinajstić information content (AvgIpc) is 2.56. The minimum Gasteiger partial charge on any atom is -0.395 e. The Kier molecular flexibility index (Phi) is 1.95. The van der Waals surface area contributed by atoms with Crippen LogP contribution in [0.25, 0.3) is 5.65 Å². The molecule has 74 valence electrons. The SMILES string of the molecule is Cc1ccn2cc(C(C)C)nc2c1N. The van der Waals surface area contributed by atoms with E-state index in [2.05, 4.69) is 18.8 Å². The topological polar surface area (TPSA) is 43.3 Å². The molecule has 0 aliphatic carbocycles. The van der Waals surface area contributed by atoms with Crippen molar-refractivity contribution in [1.29, 1.82) is 0 Å². The van der Waals surface area contributed by atoms with E-state index in [0.717, 1.165) is 22.6 Å². The van der Waals surface area contributed by atoms with E-state index >= 15 is 0 Å². The summed E-state index contributed by atoms with van der Waals surface area (Å²) in [6.07, 6.45) is 4.04. The molecule has 2 N–H and O–H groups in total. The second-order valence-corrected chi connectivity index (χ2v) is 3.96. The van der Waals surface area contributed by atoms with E-state index in [9.17, 15) is 0 Å². The van der Waals surface area contributed by atoms with Crippen molar-refractivity contribution in [2.24, 2.45) is 0 Å². The third-order valence-electron chi connectivity index (χ3n) is 2.49. The lowest BCUT2D eigenvalue weighted by Crippen LogP contribution is -1.94. The molecule has 0 aliphatic heterocycles. The van der Waals surface area contributed by atoms with Gasteiger partial charge < -0.3 is 10.1 Å². The van der Waals surface area contributed by atoms with Crippen molar-refractivity contribution in [3.63, 3.8) is 0 Å². The monoisotopic (exact) mass is 189 g/mol. The molecule has 0 bridgehead atoms. The number of nitrogens with two attached hydrogens (primary N) is 1. The van der Waals surface area contributed by atoms with Gasteiger partial charge in [-0.15, -0.1) is 0 Å². The first-order chi connectivity index (χ1) is 6.59. The second kappa shape index (κ2) is 3.01. The largest absolute Gasteiger partial charge is 0.395 e. The zero-order valence-electron chi connectivity index (χ0n) is 8.78. The van der Waals surface area contributed by atoms with E-state index in [4.69, 9.17) is 5.73 Å². The van der Waals surface area contributed by atoms with Crippen molar-refractivity contribution in [1.82, 2.24) is 9.38 Å². The number of hydrogen-bond donors (Lipinski definition) is 1. The van der Waals surface area contributed by atoms with Crippen LogP contribution in [0.3, 0.4) is 0 Å². The number of rotatable bonds is 1. The Hall–Kier alpha value is -1.51. The number of pyridine rings is 1. The smallest absolute Gasteiger partial charge is 0.160 e. The van der Waals surface area contributed by atoms with Crippen LogP contribution in [0.15, 0.2) is 18.5 Å². The predicted molar refractivity (Wildman–Crippen MR) is 58.4 cm³/mol. The Bertz CT molecular complexity index is 469. The summed E-state index contributed by atoms with van der Waals surface area (Å²) in [4.78, 5) is 4.51. The number of aryl methyl sites for hydroxylation is 1. The lowest BCUT2D eigenvalue weighted by molar-refractivity contribution is 0.834. The summed E-state index contributed by atoms with van der Waals surface area (Å²) in [5.74, 6) is 0.439. The van der Waals surface area contributed by atoms with Crippen molar-refractivity contribution in [3.8, 4) is 0 Å². The molecule has 14 heavy (non-hydrogen) atoms. The number of imidazole rings is 1. The van der Waals surface area contributed by atoms with Crippen molar-refractivity contribution in [2.75, 3.05) is 5.73 Å². The zero-order chi connectivity index (χ0) is 10.3. The molecule has 0 radical (unpaired) electrons. The molecular weight excluding hydrogens is 174 g/mol. The Balaban J connectivity index is 2.71. The number of aromatic nitrogens is 2. The summed E-state index contributed by atoms with van der Waals surface area (Å²) in [7, 11) is 0. The lowest BCUT2D eigenvalue weighted by atomic mass is 10.2. The molecule has 0 amide bonds. The highest BCUT2D eigenvalue weighted by Gasteiger charge is 2.08. The summed E-state index contributed by atoms with van der Waals surface area (Å²) >= 11 is 0. The molecule has 3 heteroatoms. The summed E-state index contributed by atoms with van der Waals surface area (Å²) in [6.45, 7) is 6.26. The normalized spacial score (nSPS) is 11.4. The summed E-state index contributed by atoms with van der Waals surface area (Å²) < 4.78 is 1.98. The van der Waals surface area contributed by atoms with Crippen LogP contribution in [-0.4, -0.2) is 9.38 Å². The van der Waals surface area contributed by atoms with Gasteiger partial charge in [0.05, 0.1) is 11.4 Å². The van der Waals surface area contributed by atoms with E-state index in [1.807, 2.05) is 29.8 Å². The fraction of sp³-hybridized carbons (Fsp3) is 0.364. The Morgan fingerprint density at radius 1 is 1.43 bits per heavy atom. The summed E-state index contributed by atoms with van der Waals surface area (Å²) in [6, 6.07) is 2.01. The molecule has 0 spiro atoms. The average molecular weight is 189 g/mol. The number of anilines is 1. The van der Waals surface area contributed by atoms with Crippen LogP contribution in [0, 0.1) is 6.92 Å². The van der Waals surface area contributed by atoms with E-state index in [1.165, 1.54) is 0 Å². The fourth-order valence-corrected chi connectivity index (χ4v) is 1.46. The van der Waals surface area contributed by atoms with Crippen LogP contribution in [0.2, 0.25) is 0 Å². The van der Waals surface area contributed by atoms with Gasteiger partial charge >= 0.3 is 0 Å². The molecule has 0 fully saturated rings. The van der Waals surface area contributed by atoms with Crippen LogP contribution < -0.4 is 5.73 Å². The quantitative estimate of drug-likeness (QED) is 0.748. The standard InChI is InChI=1S/C11H15N3/c1-7(2)9-6-14-5-4-8(3)10(12)11(14)13-9/h4-7H,12H2,1-3H3. The highest BCUT2D eigenvalue weighted by atomic mass is 15.0. The van der Waals surface area contributed by atoms with E-state index in [0.29, 0.717) is 5.92 Å². The minimum atomic E-state index is 0.439. The van der Waals surface area contributed by atoms with Gasteiger partial charge in [-0.05, 0) is 24.5 Å². The molecule has 3 nitrogen and oxygen atoms in total. The van der Waals surface area contributed by atoms with Gasteiger partial charge in [0.2, 0.25) is 0 Å². The zero-order valence-corrected chi connectivity index (χ0v) is 8.78. The van der Waals surface area contributed by atoms with Gasteiger partial charge in [0.25, 0.3) is 0 Å². The van der Waals surface area contributed by atoms with Gasteiger partial charge in [-0.3, -0.25) is 0 Å². The number of fused-ring (bicyclic) bond motifs is 1. The van der Waals surface area contributed by atoms with Gasteiger partial charge in [0.1, 0.15) is 0 Å². The molecule has 0 aromatic carbocycles. The molecule has 0 saturated heterocycles. The van der Waals surface area contributed by atoms with Crippen molar-refractivity contribution in [2.45, 2.75) is 26.7 Å². The number of nitrogens with zero attached hydrogens (tertiary/aromatic N) is 2. The minimum absolute atomic E-state index is 0.439. The first-order valence-electron chi connectivity index (χ1n) is 4.83. The van der Waals surface area contributed by atoms with Gasteiger partial charge in [0, 0.05) is 12.4 Å². The van der Waals surface area contributed by atoms with Crippen LogP contribution in [-0.2, 0) is 0 Å². The molecule has 2 aromatic rings. The van der Waals surface area contributed by atoms with Crippen molar-refractivity contribution < 1.29 is 0 Å². The second-order valence-electron chi connectivity index (χ2n) is 3.96. The fourth-order valence-electron chi connectivity index (χ4n) is 1.46. The Labute approximate surface area is 83.6 Å². The van der Waals surface area contributed by atoms with E-state index in [-0.39, 0.29) is 0 Å². The molecule has 0 unspecified atom stereocenters. The van der Waals surface area contributed by atoms with E-state index in [1.54, 1.807) is 0 Å². The van der Waals surface area contributed by atoms with Crippen LogP contribution >= 0.6 is 0 Å². The molecule has 0 atom stereocenters. The number of hydrogen-bond acceptors (Lipinski definition) is 2. The summed E-state index contributed by atoms with van der Waals surface area (Å²) in [5, 5.41) is 0. The Morgan fingerprint density at radius 2 is 2.14 bits per heavy atom. The van der Waals surface area contributed by atoms with Gasteiger partial charge in [-0.2, -0.15) is 0 Å². The highest BCUT2D eigenvalue weighted by Crippen LogP contribution is 2.20. The molecule has 2 heterocycles. The lowest BCUT2D eigenvalue weighted by Gasteiger charge is -2.00. The first kappa shape index (κ1) is 9.06. The number of nitrogen functional groups attached to an aromatic ring is 1. The third-order valence-corrected chi connectivity index (χ3v) is 2.49. The maximum Gasteiger partial charge on any atom is 0.160 e. The molecular formula is C11H15N3. The van der Waals surface area contributed by atoms with E-state index < -0.39 is 0 Å². The molecule has 2 aromatic heterocycles. The third kappa shape index (κ3) is 1.25. The maximum atomic E-state index is 5.95. The summed E-state index contributed by atoms with van der Waals surface area (Å²) in [5.41, 5.74) is 9.76. The van der Waals surface area contributed by atoms with Crippen molar-refractivity contribution in [3.05, 3.63) is 29.7 Å². The highest BCUT2D eigenvalue weighted by molar-refractivity contribution is 5.68. The first-order valence-corrected chi connectivity index (χ1v) is 4.83. The molecule has 0 saturated carbocycles. The van der Waals surface area contributed by atoms with Crippen LogP contribution in [0.1, 0.15) is 31.0 Å². The predicted octanol–water partition coefficient (Wildman–Crippen LogP) is 2.35. The van der Waals surface area contributed by atoms with Gasteiger partial charge in [0.15, 0.2) is 5.65 Å². The van der Waals surface area contributed by atoms with Crippen LogP contribution in [0.5, 0.6) is 0 Å². The van der Waals surface area contributed by atoms with Crippen LogP contribution in [0.4, 0.5) is 5.69 Å². The Morgan fingerprint density at radius 3 is 2.79 bits per heavy atom. The molecule has 2 rings (SSSR count). The maximum absolute atomic E-state index is 5.95. The molecule has 0 aliphatic rings. The van der Waals surface area contributed by atoms with Gasteiger partial charge in [-0.1, -0.05) is 13.8 Å².